The fraction of sp³-hybridized carbons (Fsp3) is 0.0185. The first-order chi connectivity index (χ1) is 29.2. The highest BCUT2D eigenvalue weighted by molar-refractivity contribution is 7.99. The van der Waals surface area contributed by atoms with E-state index in [1.807, 2.05) is 24.0 Å². The van der Waals surface area contributed by atoms with Gasteiger partial charge in [-0.25, -0.2) is 15.0 Å². The maximum Gasteiger partial charge on any atom is 0.163 e. The Labute approximate surface area is 346 Å². The molecule has 0 aliphatic carbocycles. The predicted octanol–water partition coefficient (Wildman–Crippen LogP) is 14.2. The third-order valence-corrected chi connectivity index (χ3v) is 12.3. The van der Waals surface area contributed by atoms with Gasteiger partial charge in [0.2, 0.25) is 0 Å². The number of allylic oxidation sites excluding steroid dienone is 4. The van der Waals surface area contributed by atoms with Gasteiger partial charge < -0.3 is 4.57 Å². The van der Waals surface area contributed by atoms with Crippen molar-refractivity contribution in [3.05, 3.63) is 206 Å². The summed E-state index contributed by atoms with van der Waals surface area (Å²) in [7, 11) is 0. The van der Waals surface area contributed by atoms with Crippen molar-refractivity contribution in [1.29, 1.82) is 0 Å². The van der Waals surface area contributed by atoms with E-state index in [2.05, 4.69) is 193 Å². The second kappa shape index (κ2) is 14.6. The molecule has 1 aliphatic heterocycles. The van der Waals surface area contributed by atoms with E-state index < -0.39 is 0 Å². The number of benzene rings is 7. The minimum Gasteiger partial charge on any atom is -0.309 e. The molecule has 4 nitrogen and oxygen atoms in total. The quantitative estimate of drug-likeness (QED) is 0.175. The summed E-state index contributed by atoms with van der Waals surface area (Å²) in [6, 6.07) is 58.0. The summed E-state index contributed by atoms with van der Waals surface area (Å²) in [5.41, 5.74) is 13.4. The minimum atomic E-state index is 0.617. The lowest BCUT2D eigenvalue weighted by atomic mass is 9.94. The largest absolute Gasteiger partial charge is 0.309 e. The van der Waals surface area contributed by atoms with Crippen LogP contribution in [0.1, 0.15) is 5.56 Å². The van der Waals surface area contributed by atoms with E-state index in [1.54, 1.807) is 0 Å². The van der Waals surface area contributed by atoms with Gasteiger partial charge >= 0.3 is 0 Å². The molecule has 0 N–H and O–H groups in total. The Balaban J connectivity index is 1.15. The molecule has 3 aromatic heterocycles. The molecule has 7 aromatic carbocycles. The molecule has 0 spiro atoms. The van der Waals surface area contributed by atoms with Crippen molar-refractivity contribution in [1.82, 2.24) is 19.5 Å². The molecule has 0 fully saturated rings. The lowest BCUT2D eigenvalue weighted by Crippen LogP contribution is -2.01. The van der Waals surface area contributed by atoms with Crippen LogP contribution in [0.25, 0.3) is 99.8 Å². The van der Waals surface area contributed by atoms with Crippen LogP contribution in [0.15, 0.2) is 206 Å². The standard InChI is InChI=1S/C54H36N4S/c1-35-17-5-4-14-30-59-52-44-25-11-10-24-43(44)49-45-26-12-13-28-47(45)58(51(49)48(35)52)42-23-15-22-38(34-42)53-56-50(46-27-16-29-55-54(46)57-53)41-32-39(36-18-6-2-7-19-36)31-40(33-41)37-20-8-3-9-21-37/h2-29,31-34H,1,30H2/b14-4-,17-5-. The highest BCUT2D eigenvalue weighted by Gasteiger charge is 2.24. The Bertz CT molecular complexity index is 3280. The first kappa shape index (κ1) is 34.9. The average Bonchev–Trinajstić information content (AvgIpc) is 3.69. The molecule has 11 rings (SSSR count). The van der Waals surface area contributed by atoms with Gasteiger partial charge in [-0.15, -0.1) is 11.8 Å². The van der Waals surface area contributed by atoms with Crippen LogP contribution in [0.2, 0.25) is 0 Å². The molecule has 0 saturated heterocycles. The zero-order chi connectivity index (χ0) is 39.3. The molecular formula is C54H36N4S. The van der Waals surface area contributed by atoms with Gasteiger partial charge in [-0.05, 0) is 87.1 Å². The Kier molecular flexibility index (Phi) is 8.60. The van der Waals surface area contributed by atoms with Gasteiger partial charge in [0.25, 0.3) is 0 Å². The molecule has 0 amide bonds. The fourth-order valence-corrected chi connectivity index (χ4v) is 9.66. The predicted molar refractivity (Wildman–Crippen MR) is 249 cm³/mol. The number of nitrogens with zero attached hydrogens (tertiary/aromatic N) is 4. The van der Waals surface area contributed by atoms with Crippen LogP contribution in [-0.2, 0) is 0 Å². The second-order valence-electron chi connectivity index (χ2n) is 14.8. The number of para-hydroxylation sites is 1. The first-order valence-corrected chi connectivity index (χ1v) is 20.8. The van der Waals surface area contributed by atoms with Crippen LogP contribution in [-0.4, -0.2) is 25.3 Å². The molecular weight excluding hydrogens is 737 g/mol. The van der Waals surface area contributed by atoms with E-state index in [0.29, 0.717) is 11.5 Å². The Hall–Kier alpha value is -7.34. The third kappa shape index (κ3) is 6.06. The highest BCUT2D eigenvalue weighted by atomic mass is 32.2. The summed E-state index contributed by atoms with van der Waals surface area (Å²) in [5.74, 6) is 1.48. The van der Waals surface area contributed by atoms with Crippen LogP contribution < -0.4 is 0 Å². The molecule has 278 valence electrons. The molecule has 4 heterocycles. The van der Waals surface area contributed by atoms with Gasteiger partial charge in [0.15, 0.2) is 11.5 Å². The monoisotopic (exact) mass is 772 g/mol. The van der Waals surface area contributed by atoms with Crippen LogP contribution in [0, 0.1) is 0 Å². The van der Waals surface area contributed by atoms with Crippen molar-refractivity contribution in [2.75, 3.05) is 5.75 Å². The van der Waals surface area contributed by atoms with Crippen LogP contribution >= 0.6 is 11.8 Å². The van der Waals surface area contributed by atoms with Crippen molar-refractivity contribution in [2.45, 2.75) is 4.90 Å². The lowest BCUT2D eigenvalue weighted by Gasteiger charge is -2.18. The molecule has 0 radical (unpaired) electrons. The summed E-state index contributed by atoms with van der Waals surface area (Å²) in [4.78, 5) is 16.6. The average molecular weight is 773 g/mol. The number of thioether (sulfide) groups is 1. The molecule has 0 unspecified atom stereocenters. The second-order valence-corrected chi connectivity index (χ2v) is 15.8. The molecule has 0 saturated carbocycles. The third-order valence-electron chi connectivity index (χ3n) is 11.2. The number of fused-ring (bicyclic) bond motifs is 9. The van der Waals surface area contributed by atoms with Crippen LogP contribution in [0.4, 0.5) is 0 Å². The van der Waals surface area contributed by atoms with E-state index in [1.165, 1.54) is 26.4 Å². The van der Waals surface area contributed by atoms with Crippen LogP contribution in [0.5, 0.6) is 0 Å². The van der Waals surface area contributed by atoms with E-state index >= 15 is 0 Å². The Morgan fingerprint density at radius 3 is 1.98 bits per heavy atom. The zero-order valence-electron chi connectivity index (χ0n) is 32.1. The molecule has 5 heteroatoms. The maximum absolute atomic E-state index is 5.42. The topological polar surface area (TPSA) is 43.6 Å². The smallest absolute Gasteiger partial charge is 0.163 e. The van der Waals surface area contributed by atoms with Gasteiger partial charge in [-0.1, -0.05) is 146 Å². The molecule has 0 atom stereocenters. The Morgan fingerprint density at radius 1 is 0.542 bits per heavy atom. The number of rotatable bonds is 5. The van der Waals surface area contributed by atoms with Gasteiger partial charge in [0, 0.05) is 55.4 Å². The van der Waals surface area contributed by atoms with Crippen molar-refractivity contribution < 1.29 is 0 Å². The minimum absolute atomic E-state index is 0.617. The van der Waals surface area contributed by atoms with Crippen molar-refractivity contribution in [2.24, 2.45) is 0 Å². The fourth-order valence-electron chi connectivity index (χ4n) is 8.58. The lowest BCUT2D eigenvalue weighted by molar-refractivity contribution is 1.16. The van der Waals surface area contributed by atoms with Gasteiger partial charge in [0.1, 0.15) is 0 Å². The summed E-state index contributed by atoms with van der Waals surface area (Å²) < 4.78 is 2.42. The van der Waals surface area contributed by atoms with Gasteiger partial charge in [0.05, 0.1) is 16.7 Å². The number of hydrogen-bond acceptors (Lipinski definition) is 4. The molecule has 1 aliphatic rings. The van der Waals surface area contributed by atoms with Crippen LogP contribution in [0.3, 0.4) is 0 Å². The summed E-state index contributed by atoms with van der Waals surface area (Å²) in [6.07, 6.45) is 10.4. The normalized spacial score (nSPS) is 13.9. The molecule has 0 bridgehead atoms. The number of aromatic nitrogens is 4. The van der Waals surface area contributed by atoms with Gasteiger partial charge in [-0.3, -0.25) is 0 Å². The molecule has 59 heavy (non-hydrogen) atoms. The summed E-state index contributed by atoms with van der Waals surface area (Å²) >= 11 is 1.87. The molecule has 10 aromatic rings. The maximum atomic E-state index is 5.42. The Morgan fingerprint density at radius 2 is 1.20 bits per heavy atom. The zero-order valence-corrected chi connectivity index (χ0v) is 32.9. The van der Waals surface area contributed by atoms with Gasteiger partial charge in [-0.2, -0.15) is 0 Å². The number of pyridine rings is 1. The van der Waals surface area contributed by atoms with Crippen molar-refractivity contribution in [3.63, 3.8) is 0 Å². The summed E-state index contributed by atoms with van der Waals surface area (Å²) in [5, 5.41) is 5.81. The number of hydrogen-bond donors (Lipinski definition) is 0. The van der Waals surface area contributed by atoms with E-state index in [9.17, 15) is 0 Å². The van der Waals surface area contributed by atoms with E-state index in [0.717, 1.165) is 78.1 Å². The van der Waals surface area contributed by atoms with E-state index in [4.69, 9.17) is 15.0 Å². The SMILES string of the molecule is C=C1/C=C\C=C/CSc2c1c1c(c3ccccc23)c2ccccc2n1-c1cccc(-c2nc(-c3cc(-c4ccccc4)cc(-c4ccccc4)c3)c3cccnc3n2)c1. The highest BCUT2D eigenvalue weighted by Crippen LogP contribution is 2.47. The van der Waals surface area contributed by atoms with Crippen molar-refractivity contribution in [3.8, 4) is 50.6 Å². The van der Waals surface area contributed by atoms with E-state index in [-0.39, 0.29) is 0 Å². The van der Waals surface area contributed by atoms with Crippen molar-refractivity contribution >= 4 is 60.9 Å². The first-order valence-electron chi connectivity index (χ1n) is 19.8. The summed E-state index contributed by atoms with van der Waals surface area (Å²) in [6.45, 7) is 4.67.